The first-order valence-corrected chi connectivity index (χ1v) is 11.7. The molecule has 10 nitrogen and oxygen atoms in total. The van der Waals surface area contributed by atoms with Gasteiger partial charge in [-0.2, -0.15) is 4.37 Å². The number of ether oxygens (including phenoxy) is 1. The average Bonchev–Trinajstić information content (AvgIpc) is 3.60. The summed E-state index contributed by atoms with van der Waals surface area (Å²) in [7, 11) is 0. The molecule has 1 saturated heterocycles. The molecule has 35 heavy (non-hydrogen) atoms. The molecule has 4 rings (SSSR count). The summed E-state index contributed by atoms with van der Waals surface area (Å²) in [4.78, 5) is 40.0. The molecule has 0 bridgehead atoms. The van der Waals surface area contributed by atoms with Gasteiger partial charge >= 0.3 is 0 Å². The first-order valence-electron chi connectivity index (χ1n) is 10.9. The number of amides is 3. The number of nitrogens with two attached hydrogens (primary N) is 2. The van der Waals surface area contributed by atoms with Crippen LogP contribution in [0.3, 0.4) is 0 Å². The second kappa shape index (κ2) is 10.7. The van der Waals surface area contributed by atoms with E-state index in [2.05, 4.69) is 9.69 Å². The number of nitrogens with one attached hydrogen (secondary N) is 1. The zero-order chi connectivity index (χ0) is 24.9. The molecule has 2 aromatic heterocycles. The highest BCUT2D eigenvalue weighted by Gasteiger charge is 2.35. The molecule has 1 aromatic carbocycles. The van der Waals surface area contributed by atoms with E-state index in [1.165, 1.54) is 35.4 Å². The Labute approximate surface area is 204 Å². The molecule has 0 saturated carbocycles. The summed E-state index contributed by atoms with van der Waals surface area (Å²) < 4.78 is 28.6. The number of hydrogen-bond donors (Lipinski definition) is 3. The fourth-order valence-electron chi connectivity index (χ4n) is 3.84. The lowest BCUT2D eigenvalue weighted by atomic mass is 10.0. The van der Waals surface area contributed by atoms with Crippen LogP contribution in [0.5, 0.6) is 0 Å². The Kier molecular flexibility index (Phi) is 7.42. The number of primary amides is 1. The fraction of sp³-hybridized carbons (Fsp3) is 0.304. The molecule has 2 atom stereocenters. The summed E-state index contributed by atoms with van der Waals surface area (Å²) in [6.45, 7) is 0.774. The fourth-order valence-corrected chi connectivity index (χ4v) is 4.61. The molecule has 3 aromatic rings. The Morgan fingerprint density at radius 2 is 2.03 bits per heavy atom. The molecule has 3 amide bonds. The topological polar surface area (TPSA) is 154 Å². The molecule has 1 aliphatic rings. The molecule has 0 spiro atoms. The zero-order valence-corrected chi connectivity index (χ0v) is 19.4. The monoisotopic (exact) mass is 501 g/mol. The first kappa shape index (κ1) is 24.4. The Hall–Kier alpha value is -3.77. The molecule has 3 heterocycles. The van der Waals surface area contributed by atoms with Gasteiger partial charge in [0.05, 0.1) is 24.6 Å². The standard InChI is InChI=1S/C23H24FN5O5S/c24-14-7-5-13(6-8-14)19(22(31)27-11-15-3-1-9-33-15)29(12-16-4-2-10-34-16)23(32)20-17(25)18(21(26)30)28-35-20/h2,4-8,10,15,19H,1,3,9,11-12,25H2,(H2,26,30)(H,27,31)/t15-,19-/m0/s1. The lowest BCUT2D eigenvalue weighted by Gasteiger charge is -2.31. The number of anilines is 1. The Morgan fingerprint density at radius 3 is 2.63 bits per heavy atom. The van der Waals surface area contributed by atoms with Crippen molar-refractivity contribution in [2.75, 3.05) is 18.9 Å². The van der Waals surface area contributed by atoms with E-state index in [0.717, 1.165) is 12.8 Å². The minimum Gasteiger partial charge on any atom is -0.467 e. The van der Waals surface area contributed by atoms with E-state index in [-0.39, 0.29) is 35.5 Å². The van der Waals surface area contributed by atoms with Crippen molar-refractivity contribution in [2.45, 2.75) is 31.5 Å². The van der Waals surface area contributed by atoms with Crippen LogP contribution in [0.15, 0.2) is 47.1 Å². The van der Waals surface area contributed by atoms with Crippen molar-refractivity contribution in [3.8, 4) is 0 Å². The van der Waals surface area contributed by atoms with Crippen molar-refractivity contribution in [2.24, 2.45) is 5.73 Å². The Bertz CT molecular complexity index is 1190. The largest absolute Gasteiger partial charge is 0.467 e. The third-order valence-electron chi connectivity index (χ3n) is 5.60. The highest BCUT2D eigenvalue weighted by atomic mass is 32.1. The molecule has 0 aliphatic carbocycles. The number of aromatic nitrogens is 1. The van der Waals surface area contributed by atoms with Gasteiger partial charge in [0.25, 0.3) is 11.8 Å². The summed E-state index contributed by atoms with van der Waals surface area (Å²) in [6, 6.07) is 7.40. The van der Waals surface area contributed by atoms with Gasteiger partial charge in [0, 0.05) is 13.2 Å². The van der Waals surface area contributed by atoms with Crippen LogP contribution in [0, 0.1) is 5.82 Å². The third kappa shape index (κ3) is 5.49. The maximum absolute atomic E-state index is 13.7. The number of halogens is 1. The van der Waals surface area contributed by atoms with Crippen molar-refractivity contribution >= 4 is 34.9 Å². The van der Waals surface area contributed by atoms with Crippen LogP contribution in [0.4, 0.5) is 10.1 Å². The maximum atomic E-state index is 13.7. The van der Waals surface area contributed by atoms with Gasteiger partial charge in [-0.15, -0.1) is 0 Å². The molecule has 1 fully saturated rings. The van der Waals surface area contributed by atoms with Gasteiger partial charge < -0.3 is 30.8 Å². The van der Waals surface area contributed by atoms with Crippen LogP contribution in [0.1, 0.15) is 50.4 Å². The summed E-state index contributed by atoms with van der Waals surface area (Å²) in [5.41, 5.74) is 11.3. The van der Waals surface area contributed by atoms with Gasteiger partial charge in [-0.25, -0.2) is 4.39 Å². The summed E-state index contributed by atoms with van der Waals surface area (Å²) in [5.74, 6) is -2.12. The van der Waals surface area contributed by atoms with Crippen molar-refractivity contribution < 1.29 is 27.9 Å². The minimum atomic E-state index is -1.17. The van der Waals surface area contributed by atoms with E-state index in [1.54, 1.807) is 12.1 Å². The van der Waals surface area contributed by atoms with Crippen LogP contribution < -0.4 is 16.8 Å². The minimum absolute atomic E-state index is 0.0515. The van der Waals surface area contributed by atoms with E-state index in [4.69, 9.17) is 20.6 Å². The van der Waals surface area contributed by atoms with E-state index in [1.807, 2.05) is 0 Å². The van der Waals surface area contributed by atoms with Crippen LogP contribution in [0.25, 0.3) is 0 Å². The van der Waals surface area contributed by atoms with Crippen molar-refractivity contribution in [1.82, 2.24) is 14.6 Å². The third-order valence-corrected chi connectivity index (χ3v) is 6.45. The number of rotatable bonds is 9. The second-order valence-corrected chi connectivity index (χ2v) is 8.76. The summed E-state index contributed by atoms with van der Waals surface area (Å²) in [6.07, 6.45) is 3.02. The number of hydrogen-bond acceptors (Lipinski definition) is 8. The highest BCUT2D eigenvalue weighted by Crippen LogP contribution is 2.30. The van der Waals surface area contributed by atoms with Crippen LogP contribution >= 0.6 is 11.5 Å². The summed E-state index contributed by atoms with van der Waals surface area (Å²) >= 11 is 0.705. The molecule has 184 valence electrons. The lowest BCUT2D eigenvalue weighted by molar-refractivity contribution is -0.126. The van der Waals surface area contributed by atoms with Crippen LogP contribution in [-0.4, -0.2) is 46.3 Å². The number of benzene rings is 1. The zero-order valence-electron chi connectivity index (χ0n) is 18.6. The van der Waals surface area contributed by atoms with Crippen LogP contribution in [-0.2, 0) is 16.1 Å². The second-order valence-electron chi connectivity index (χ2n) is 7.98. The van der Waals surface area contributed by atoms with Gasteiger partial charge in [0.15, 0.2) is 5.69 Å². The maximum Gasteiger partial charge on any atom is 0.270 e. The predicted octanol–water partition coefficient (Wildman–Crippen LogP) is 2.24. The Balaban J connectivity index is 1.72. The van der Waals surface area contributed by atoms with E-state index in [0.29, 0.717) is 29.5 Å². The predicted molar refractivity (Wildman–Crippen MR) is 125 cm³/mol. The van der Waals surface area contributed by atoms with Gasteiger partial charge in [0.1, 0.15) is 22.5 Å². The Morgan fingerprint density at radius 1 is 1.26 bits per heavy atom. The lowest BCUT2D eigenvalue weighted by Crippen LogP contribution is -2.45. The van der Waals surface area contributed by atoms with Crippen molar-refractivity contribution in [1.29, 1.82) is 0 Å². The average molecular weight is 502 g/mol. The number of carbonyl (C=O) groups is 3. The smallest absolute Gasteiger partial charge is 0.270 e. The van der Waals surface area contributed by atoms with E-state index >= 15 is 0 Å². The summed E-state index contributed by atoms with van der Waals surface area (Å²) in [5, 5.41) is 2.84. The number of nitrogens with zero attached hydrogens (tertiary/aromatic N) is 2. The quantitative estimate of drug-likeness (QED) is 0.406. The molecular weight excluding hydrogens is 477 g/mol. The molecule has 0 unspecified atom stereocenters. The number of nitrogen functional groups attached to an aromatic ring is 1. The molecule has 0 radical (unpaired) electrons. The van der Waals surface area contributed by atoms with Crippen molar-refractivity contribution in [3.63, 3.8) is 0 Å². The molecule has 1 aliphatic heterocycles. The number of carbonyl (C=O) groups excluding carboxylic acids is 3. The number of furan rings is 1. The van der Waals surface area contributed by atoms with E-state index in [9.17, 15) is 18.8 Å². The van der Waals surface area contributed by atoms with Gasteiger partial charge in [-0.1, -0.05) is 12.1 Å². The SMILES string of the molecule is NC(=O)c1nsc(C(=O)N(Cc2ccco2)[C@H](C(=O)NC[C@@H]2CCCO2)c2ccc(F)cc2)c1N. The van der Waals surface area contributed by atoms with Crippen LogP contribution in [0.2, 0.25) is 0 Å². The van der Waals surface area contributed by atoms with Gasteiger partial charge in [-0.3, -0.25) is 14.4 Å². The van der Waals surface area contributed by atoms with E-state index < -0.39 is 29.6 Å². The highest BCUT2D eigenvalue weighted by molar-refractivity contribution is 7.09. The van der Waals surface area contributed by atoms with Crippen molar-refractivity contribution in [3.05, 3.63) is 70.4 Å². The first-order chi connectivity index (χ1) is 16.8. The normalized spacial score (nSPS) is 16.1. The molecule has 5 N–H and O–H groups in total. The molecular formula is C23H24FN5O5S. The van der Waals surface area contributed by atoms with Gasteiger partial charge in [0.2, 0.25) is 5.91 Å². The molecule has 12 heteroatoms. The van der Waals surface area contributed by atoms with Gasteiger partial charge in [-0.05, 0) is 54.2 Å².